The molecule has 2 heterocycles. The largest absolute Gasteiger partial charge is 0.373 e. The Labute approximate surface area is 122 Å². The number of aromatic nitrogens is 2. The van der Waals surface area contributed by atoms with Gasteiger partial charge in [-0.1, -0.05) is 18.2 Å². The van der Waals surface area contributed by atoms with Gasteiger partial charge in [-0.25, -0.2) is 4.98 Å². The maximum absolute atomic E-state index is 12.3. The zero-order valence-electron chi connectivity index (χ0n) is 11.5. The van der Waals surface area contributed by atoms with Crippen LogP contribution < -0.4 is 10.6 Å². The average Bonchev–Trinajstić information content (AvgIpc) is 2.55. The average molecular weight is 278 g/mol. The van der Waals surface area contributed by atoms with E-state index in [1.54, 1.807) is 31.6 Å². The van der Waals surface area contributed by atoms with Crippen molar-refractivity contribution in [2.75, 3.05) is 17.7 Å². The van der Waals surface area contributed by atoms with E-state index < -0.39 is 0 Å². The van der Waals surface area contributed by atoms with E-state index in [0.29, 0.717) is 11.3 Å². The number of rotatable bonds is 3. The number of hydrogen-bond acceptors (Lipinski definition) is 4. The Bertz CT molecular complexity index is 778. The molecule has 0 atom stereocenters. The Morgan fingerprint density at radius 2 is 1.90 bits per heavy atom. The summed E-state index contributed by atoms with van der Waals surface area (Å²) in [6, 6.07) is 13.0. The molecule has 1 aromatic carbocycles. The number of nitrogens with zero attached hydrogens (tertiary/aromatic N) is 2. The fraction of sp³-hybridized carbons (Fsp3) is 0.0625. The summed E-state index contributed by atoms with van der Waals surface area (Å²) in [4.78, 5) is 20.7. The van der Waals surface area contributed by atoms with Crippen molar-refractivity contribution in [3.05, 3.63) is 60.4 Å². The van der Waals surface area contributed by atoms with Gasteiger partial charge in [0.05, 0.1) is 16.8 Å². The quantitative estimate of drug-likeness (QED) is 0.773. The number of carbonyl (C=O) groups is 1. The van der Waals surface area contributed by atoms with Gasteiger partial charge < -0.3 is 10.6 Å². The van der Waals surface area contributed by atoms with Gasteiger partial charge in [0.25, 0.3) is 5.91 Å². The third-order valence-corrected chi connectivity index (χ3v) is 3.16. The van der Waals surface area contributed by atoms with Gasteiger partial charge in [-0.15, -0.1) is 0 Å². The van der Waals surface area contributed by atoms with E-state index in [2.05, 4.69) is 20.6 Å². The van der Waals surface area contributed by atoms with E-state index in [0.717, 1.165) is 16.7 Å². The molecule has 3 rings (SSSR count). The van der Waals surface area contributed by atoms with Crippen molar-refractivity contribution in [2.24, 2.45) is 0 Å². The van der Waals surface area contributed by atoms with Crippen LogP contribution in [0.15, 0.2) is 54.9 Å². The second-order valence-corrected chi connectivity index (χ2v) is 4.52. The van der Waals surface area contributed by atoms with Crippen LogP contribution in [0, 0.1) is 0 Å². The van der Waals surface area contributed by atoms with E-state index in [1.165, 1.54) is 0 Å². The van der Waals surface area contributed by atoms with Gasteiger partial charge in [0.15, 0.2) is 0 Å². The van der Waals surface area contributed by atoms with Crippen LogP contribution in [0.25, 0.3) is 10.9 Å². The minimum absolute atomic E-state index is 0.205. The maximum atomic E-state index is 12.3. The highest BCUT2D eigenvalue weighted by atomic mass is 16.1. The molecule has 0 aliphatic carbocycles. The smallest absolute Gasteiger partial charge is 0.257 e. The lowest BCUT2D eigenvalue weighted by molar-refractivity contribution is 0.102. The van der Waals surface area contributed by atoms with Crippen molar-refractivity contribution >= 4 is 28.3 Å². The van der Waals surface area contributed by atoms with Crippen LogP contribution in [0.5, 0.6) is 0 Å². The van der Waals surface area contributed by atoms with Crippen LogP contribution in [0.3, 0.4) is 0 Å². The number of hydrogen-bond donors (Lipinski definition) is 2. The molecular weight excluding hydrogens is 264 g/mol. The predicted octanol–water partition coefficient (Wildman–Crippen LogP) is 2.92. The van der Waals surface area contributed by atoms with Crippen molar-refractivity contribution in [2.45, 2.75) is 0 Å². The predicted molar refractivity (Wildman–Crippen MR) is 83.5 cm³/mol. The highest BCUT2D eigenvalue weighted by Crippen LogP contribution is 2.21. The number of pyridine rings is 2. The summed E-state index contributed by atoms with van der Waals surface area (Å²) in [5, 5.41) is 6.78. The lowest BCUT2D eigenvalue weighted by Crippen LogP contribution is -2.12. The molecule has 104 valence electrons. The number of amides is 1. The first kappa shape index (κ1) is 13.1. The number of nitrogens with one attached hydrogen (secondary N) is 2. The minimum Gasteiger partial charge on any atom is -0.373 e. The standard InChI is InChI=1S/C16H14N4O/c1-17-14-8-7-12(10-19-14)16(21)20-13-6-2-4-11-5-3-9-18-15(11)13/h2-10H,1H3,(H,17,19)(H,20,21). The molecule has 0 aliphatic heterocycles. The number of carbonyl (C=O) groups excluding carboxylic acids is 1. The van der Waals surface area contributed by atoms with Gasteiger partial charge in [-0.05, 0) is 24.3 Å². The molecule has 1 amide bonds. The third-order valence-electron chi connectivity index (χ3n) is 3.16. The molecule has 5 heteroatoms. The second kappa shape index (κ2) is 5.58. The topological polar surface area (TPSA) is 66.9 Å². The zero-order valence-corrected chi connectivity index (χ0v) is 11.5. The third kappa shape index (κ3) is 2.67. The van der Waals surface area contributed by atoms with Crippen molar-refractivity contribution in [1.82, 2.24) is 9.97 Å². The summed E-state index contributed by atoms with van der Waals surface area (Å²) in [6.07, 6.45) is 3.25. The van der Waals surface area contributed by atoms with Gasteiger partial charge in [-0.2, -0.15) is 0 Å². The summed E-state index contributed by atoms with van der Waals surface area (Å²) in [5.74, 6) is 0.515. The van der Waals surface area contributed by atoms with Crippen LogP contribution in [0.4, 0.5) is 11.5 Å². The van der Waals surface area contributed by atoms with E-state index >= 15 is 0 Å². The summed E-state index contributed by atoms with van der Waals surface area (Å²) < 4.78 is 0. The lowest BCUT2D eigenvalue weighted by Gasteiger charge is -2.08. The first-order valence-electron chi connectivity index (χ1n) is 6.57. The number of fused-ring (bicyclic) bond motifs is 1. The fourth-order valence-electron chi connectivity index (χ4n) is 2.08. The van der Waals surface area contributed by atoms with Crippen LogP contribution in [0.2, 0.25) is 0 Å². The van der Waals surface area contributed by atoms with E-state index in [9.17, 15) is 4.79 Å². The van der Waals surface area contributed by atoms with Crippen LogP contribution >= 0.6 is 0 Å². The van der Waals surface area contributed by atoms with Gasteiger partial charge in [0, 0.05) is 24.8 Å². The van der Waals surface area contributed by atoms with Gasteiger partial charge in [0.2, 0.25) is 0 Å². The molecule has 0 spiro atoms. The molecule has 5 nitrogen and oxygen atoms in total. The van der Waals surface area contributed by atoms with Crippen molar-refractivity contribution in [1.29, 1.82) is 0 Å². The Balaban J connectivity index is 1.89. The van der Waals surface area contributed by atoms with E-state index in [1.807, 2.05) is 30.3 Å². The number of para-hydroxylation sites is 1. The summed E-state index contributed by atoms with van der Waals surface area (Å²) in [6.45, 7) is 0. The lowest BCUT2D eigenvalue weighted by atomic mass is 10.2. The van der Waals surface area contributed by atoms with Crippen molar-refractivity contribution in [3.63, 3.8) is 0 Å². The SMILES string of the molecule is CNc1ccc(C(=O)Nc2cccc3cccnc23)cn1. The molecule has 0 fully saturated rings. The first-order chi connectivity index (χ1) is 10.3. The fourth-order valence-corrected chi connectivity index (χ4v) is 2.08. The molecule has 0 aliphatic rings. The monoisotopic (exact) mass is 278 g/mol. The van der Waals surface area contributed by atoms with Crippen LogP contribution in [0.1, 0.15) is 10.4 Å². The van der Waals surface area contributed by atoms with Crippen molar-refractivity contribution in [3.8, 4) is 0 Å². The van der Waals surface area contributed by atoms with Gasteiger partial charge in [0.1, 0.15) is 5.82 Å². The molecular formula is C16H14N4O. The molecule has 0 bridgehead atoms. The molecule has 0 saturated carbocycles. The minimum atomic E-state index is -0.205. The van der Waals surface area contributed by atoms with Gasteiger partial charge >= 0.3 is 0 Å². The molecule has 21 heavy (non-hydrogen) atoms. The maximum Gasteiger partial charge on any atom is 0.257 e. The summed E-state index contributed by atoms with van der Waals surface area (Å²) in [5.41, 5.74) is 1.96. The van der Waals surface area contributed by atoms with E-state index in [4.69, 9.17) is 0 Å². The van der Waals surface area contributed by atoms with Crippen LogP contribution in [-0.4, -0.2) is 22.9 Å². The summed E-state index contributed by atoms with van der Waals surface area (Å²) in [7, 11) is 1.78. The Hall–Kier alpha value is -2.95. The number of benzene rings is 1. The summed E-state index contributed by atoms with van der Waals surface area (Å²) >= 11 is 0. The highest BCUT2D eigenvalue weighted by Gasteiger charge is 2.09. The Morgan fingerprint density at radius 1 is 1.05 bits per heavy atom. The van der Waals surface area contributed by atoms with Crippen molar-refractivity contribution < 1.29 is 4.79 Å². The van der Waals surface area contributed by atoms with Crippen LogP contribution in [-0.2, 0) is 0 Å². The molecule has 0 unspecified atom stereocenters. The Morgan fingerprint density at radius 3 is 2.67 bits per heavy atom. The molecule has 2 N–H and O–H groups in total. The number of anilines is 2. The molecule has 3 aromatic rings. The second-order valence-electron chi connectivity index (χ2n) is 4.52. The zero-order chi connectivity index (χ0) is 14.7. The Kier molecular flexibility index (Phi) is 3.47. The molecule has 0 saturated heterocycles. The molecule has 2 aromatic heterocycles. The normalized spacial score (nSPS) is 10.3. The van der Waals surface area contributed by atoms with E-state index in [-0.39, 0.29) is 5.91 Å². The highest BCUT2D eigenvalue weighted by molar-refractivity contribution is 6.08. The molecule has 0 radical (unpaired) electrons. The van der Waals surface area contributed by atoms with Gasteiger partial charge in [-0.3, -0.25) is 9.78 Å². The first-order valence-corrected chi connectivity index (χ1v) is 6.57.